The molecule has 7 heteroatoms. The Balaban J connectivity index is 1.78. The number of halogens is 1. The number of aliphatic hydroxyl groups is 1. The Labute approximate surface area is 144 Å². The monoisotopic (exact) mass is 345 g/mol. The Morgan fingerprint density at radius 3 is 2.58 bits per heavy atom. The van der Waals surface area contributed by atoms with Crippen molar-refractivity contribution in [1.29, 1.82) is 0 Å². The van der Waals surface area contributed by atoms with E-state index in [0.29, 0.717) is 27.8 Å². The number of aromatic nitrogens is 3. The summed E-state index contributed by atoms with van der Waals surface area (Å²) in [7, 11) is 1.55. The first-order chi connectivity index (χ1) is 11.7. The zero-order valence-corrected chi connectivity index (χ0v) is 13.7. The van der Waals surface area contributed by atoms with Crippen molar-refractivity contribution in [3.05, 3.63) is 65.7 Å². The molecular formula is C17H16ClN3O3. The first-order valence-electron chi connectivity index (χ1n) is 7.27. The molecule has 1 aromatic heterocycles. The van der Waals surface area contributed by atoms with Crippen LogP contribution in [0.15, 0.2) is 55.1 Å². The van der Waals surface area contributed by atoms with Crippen molar-refractivity contribution in [2.24, 2.45) is 0 Å². The Morgan fingerprint density at radius 1 is 1.17 bits per heavy atom. The Bertz CT molecular complexity index is 791. The van der Waals surface area contributed by atoms with Gasteiger partial charge in [0.1, 0.15) is 36.0 Å². The maximum Gasteiger partial charge on any atom is 0.137 e. The number of ether oxygens (including phenoxy) is 2. The van der Waals surface area contributed by atoms with Gasteiger partial charge in [-0.3, -0.25) is 4.68 Å². The molecule has 6 nitrogen and oxygen atoms in total. The van der Waals surface area contributed by atoms with Crippen LogP contribution in [0.1, 0.15) is 11.7 Å². The van der Waals surface area contributed by atoms with Gasteiger partial charge in [0.25, 0.3) is 0 Å². The third kappa shape index (κ3) is 3.84. The molecule has 0 spiro atoms. The number of rotatable bonds is 6. The van der Waals surface area contributed by atoms with Crippen LogP contribution in [0.4, 0.5) is 0 Å². The summed E-state index contributed by atoms with van der Waals surface area (Å²) in [6.45, 7) is 0.285. The summed E-state index contributed by atoms with van der Waals surface area (Å²) in [5, 5.41) is 15.0. The van der Waals surface area contributed by atoms with Crippen molar-refractivity contribution in [3.63, 3.8) is 0 Å². The average molecular weight is 346 g/mol. The Kier molecular flexibility index (Phi) is 4.98. The van der Waals surface area contributed by atoms with Gasteiger partial charge in [0.05, 0.1) is 13.7 Å². The van der Waals surface area contributed by atoms with Gasteiger partial charge in [0.2, 0.25) is 0 Å². The van der Waals surface area contributed by atoms with Gasteiger partial charge in [0.15, 0.2) is 0 Å². The maximum absolute atomic E-state index is 10.4. The van der Waals surface area contributed by atoms with Gasteiger partial charge in [-0.1, -0.05) is 11.6 Å². The van der Waals surface area contributed by atoms with Gasteiger partial charge in [-0.25, -0.2) is 4.98 Å². The molecule has 24 heavy (non-hydrogen) atoms. The highest BCUT2D eigenvalue weighted by molar-refractivity contribution is 6.30. The summed E-state index contributed by atoms with van der Waals surface area (Å²) in [6.07, 6.45) is 2.20. The van der Waals surface area contributed by atoms with Gasteiger partial charge in [-0.15, -0.1) is 0 Å². The standard InChI is InChI=1S/C17H16ClN3O3/c1-23-17-8-14(24-13-4-2-12(18)3-5-13)6-7-15(17)16(22)9-21-11-19-10-20-21/h2-8,10-11,16,22H,9H2,1H3. The predicted molar refractivity (Wildman–Crippen MR) is 89.5 cm³/mol. The number of aliphatic hydroxyl groups excluding tert-OH is 1. The van der Waals surface area contributed by atoms with Crippen LogP contribution in [-0.2, 0) is 6.54 Å². The van der Waals surface area contributed by atoms with E-state index in [9.17, 15) is 5.11 Å². The van der Waals surface area contributed by atoms with Crippen LogP contribution >= 0.6 is 11.6 Å². The Hall–Kier alpha value is -2.57. The lowest BCUT2D eigenvalue weighted by Gasteiger charge is -2.16. The van der Waals surface area contributed by atoms with Crippen LogP contribution in [-0.4, -0.2) is 27.0 Å². The molecule has 3 rings (SSSR count). The molecule has 0 saturated carbocycles. The van der Waals surface area contributed by atoms with Crippen LogP contribution < -0.4 is 9.47 Å². The van der Waals surface area contributed by atoms with E-state index < -0.39 is 6.10 Å². The topological polar surface area (TPSA) is 69.4 Å². The highest BCUT2D eigenvalue weighted by Gasteiger charge is 2.15. The van der Waals surface area contributed by atoms with Crippen LogP contribution in [0, 0.1) is 0 Å². The highest BCUT2D eigenvalue weighted by atomic mass is 35.5. The molecule has 0 bridgehead atoms. The fraction of sp³-hybridized carbons (Fsp3) is 0.176. The summed E-state index contributed by atoms with van der Waals surface area (Å²) in [5.74, 6) is 1.80. The SMILES string of the molecule is COc1cc(Oc2ccc(Cl)cc2)ccc1C(O)Cn1cncn1. The second-order valence-electron chi connectivity index (χ2n) is 5.09. The molecule has 0 amide bonds. The fourth-order valence-electron chi connectivity index (χ4n) is 2.27. The Morgan fingerprint density at radius 2 is 1.92 bits per heavy atom. The molecule has 1 unspecified atom stereocenters. The van der Waals surface area contributed by atoms with E-state index in [4.69, 9.17) is 21.1 Å². The maximum atomic E-state index is 10.4. The van der Waals surface area contributed by atoms with E-state index >= 15 is 0 Å². The van der Waals surface area contributed by atoms with E-state index in [0.717, 1.165) is 0 Å². The molecule has 0 aliphatic carbocycles. The first kappa shape index (κ1) is 16.3. The van der Waals surface area contributed by atoms with Gasteiger partial charge in [-0.05, 0) is 36.4 Å². The van der Waals surface area contributed by atoms with Crippen molar-refractivity contribution in [2.75, 3.05) is 7.11 Å². The lowest BCUT2D eigenvalue weighted by atomic mass is 10.1. The minimum Gasteiger partial charge on any atom is -0.496 e. The molecule has 124 valence electrons. The minimum atomic E-state index is -0.772. The van der Waals surface area contributed by atoms with Crippen LogP contribution in [0.2, 0.25) is 5.02 Å². The highest BCUT2D eigenvalue weighted by Crippen LogP contribution is 2.32. The number of methoxy groups -OCH3 is 1. The number of nitrogens with zero attached hydrogens (tertiary/aromatic N) is 3. The third-order valence-corrected chi connectivity index (χ3v) is 3.69. The minimum absolute atomic E-state index is 0.285. The van der Waals surface area contributed by atoms with Crippen molar-refractivity contribution in [3.8, 4) is 17.2 Å². The van der Waals surface area contributed by atoms with Gasteiger partial charge in [-0.2, -0.15) is 5.10 Å². The third-order valence-electron chi connectivity index (χ3n) is 3.44. The van der Waals surface area contributed by atoms with E-state index in [2.05, 4.69) is 10.1 Å². The molecule has 1 N–H and O–H groups in total. The van der Waals surface area contributed by atoms with Gasteiger partial charge in [0, 0.05) is 16.7 Å². The molecular weight excluding hydrogens is 330 g/mol. The quantitative estimate of drug-likeness (QED) is 0.740. The molecule has 1 atom stereocenters. The number of hydrogen-bond acceptors (Lipinski definition) is 5. The fourth-order valence-corrected chi connectivity index (χ4v) is 2.40. The second-order valence-corrected chi connectivity index (χ2v) is 5.53. The number of hydrogen-bond donors (Lipinski definition) is 1. The van der Waals surface area contributed by atoms with Gasteiger partial charge >= 0.3 is 0 Å². The van der Waals surface area contributed by atoms with Gasteiger partial charge < -0.3 is 14.6 Å². The predicted octanol–water partition coefficient (Wildman–Crippen LogP) is 3.47. The summed E-state index contributed by atoms with van der Waals surface area (Å²) >= 11 is 5.86. The summed E-state index contributed by atoms with van der Waals surface area (Å²) in [6, 6.07) is 12.3. The van der Waals surface area contributed by atoms with E-state index in [1.165, 1.54) is 6.33 Å². The van der Waals surface area contributed by atoms with Crippen molar-refractivity contribution >= 4 is 11.6 Å². The van der Waals surface area contributed by atoms with Crippen molar-refractivity contribution in [1.82, 2.24) is 14.8 Å². The molecule has 0 radical (unpaired) electrons. The molecule has 0 saturated heterocycles. The van der Waals surface area contributed by atoms with Crippen LogP contribution in [0.5, 0.6) is 17.2 Å². The van der Waals surface area contributed by atoms with Crippen LogP contribution in [0.25, 0.3) is 0 Å². The summed E-state index contributed by atoms with van der Waals surface area (Å²) < 4.78 is 12.7. The van der Waals surface area contributed by atoms with Crippen LogP contribution in [0.3, 0.4) is 0 Å². The van der Waals surface area contributed by atoms with E-state index in [1.54, 1.807) is 60.6 Å². The molecule has 3 aromatic rings. The normalized spacial score (nSPS) is 12.0. The largest absolute Gasteiger partial charge is 0.496 e. The lowest BCUT2D eigenvalue weighted by molar-refractivity contribution is 0.147. The summed E-state index contributed by atoms with van der Waals surface area (Å²) in [4.78, 5) is 3.86. The molecule has 0 aliphatic rings. The van der Waals surface area contributed by atoms with Crippen molar-refractivity contribution in [2.45, 2.75) is 12.6 Å². The van der Waals surface area contributed by atoms with Crippen molar-refractivity contribution < 1.29 is 14.6 Å². The first-order valence-corrected chi connectivity index (χ1v) is 7.65. The number of benzene rings is 2. The molecule has 1 heterocycles. The average Bonchev–Trinajstić information content (AvgIpc) is 3.09. The molecule has 2 aromatic carbocycles. The summed E-state index contributed by atoms with van der Waals surface area (Å²) in [5.41, 5.74) is 0.649. The zero-order chi connectivity index (χ0) is 16.9. The second kappa shape index (κ2) is 7.33. The van der Waals surface area contributed by atoms with E-state index in [1.807, 2.05) is 0 Å². The molecule has 0 fully saturated rings. The lowest BCUT2D eigenvalue weighted by Crippen LogP contribution is -2.10. The zero-order valence-electron chi connectivity index (χ0n) is 13.0. The molecule has 0 aliphatic heterocycles. The smallest absolute Gasteiger partial charge is 0.137 e. The van der Waals surface area contributed by atoms with E-state index in [-0.39, 0.29) is 6.54 Å².